The van der Waals surface area contributed by atoms with Gasteiger partial charge in [-0.15, -0.1) is 0 Å². The molecule has 144 valence electrons. The van der Waals surface area contributed by atoms with E-state index in [1.807, 2.05) is 0 Å². The normalized spacial score (nSPS) is 14.5. The summed E-state index contributed by atoms with van der Waals surface area (Å²) in [6, 6.07) is 15.3. The number of rotatable bonds is 5. The van der Waals surface area contributed by atoms with Crippen LogP contribution in [0.1, 0.15) is 45.5 Å². The van der Waals surface area contributed by atoms with Crippen molar-refractivity contribution < 1.29 is 22.8 Å². The van der Waals surface area contributed by atoms with E-state index in [4.69, 9.17) is 0 Å². The lowest BCUT2D eigenvalue weighted by Crippen LogP contribution is -2.31. The summed E-state index contributed by atoms with van der Waals surface area (Å²) in [5.74, 6) is 3.79. The number of hydrogen-bond acceptors (Lipinski definition) is 2. The molecular formula is C22H18F3NO2. The van der Waals surface area contributed by atoms with Crippen molar-refractivity contribution >= 4 is 11.8 Å². The highest BCUT2D eigenvalue weighted by Crippen LogP contribution is 2.28. The van der Waals surface area contributed by atoms with E-state index in [1.54, 1.807) is 54.6 Å². The van der Waals surface area contributed by atoms with E-state index in [1.165, 1.54) is 0 Å². The first-order chi connectivity index (χ1) is 13.3. The second kappa shape index (κ2) is 8.30. The Morgan fingerprint density at radius 2 is 1.46 bits per heavy atom. The van der Waals surface area contributed by atoms with Crippen molar-refractivity contribution in [3.05, 3.63) is 71.3 Å². The number of amides is 2. The molecule has 0 saturated carbocycles. The van der Waals surface area contributed by atoms with Gasteiger partial charge in [-0.05, 0) is 37.1 Å². The Hall–Kier alpha value is -3.07. The van der Waals surface area contributed by atoms with Crippen molar-refractivity contribution in [2.75, 3.05) is 6.54 Å². The predicted molar refractivity (Wildman–Crippen MR) is 98.5 cm³/mol. The molecule has 1 unspecified atom stereocenters. The smallest absolute Gasteiger partial charge is 0.274 e. The van der Waals surface area contributed by atoms with Crippen molar-refractivity contribution in [2.45, 2.75) is 25.4 Å². The van der Waals surface area contributed by atoms with Crippen LogP contribution in [0.4, 0.5) is 13.2 Å². The Morgan fingerprint density at radius 3 is 2.04 bits per heavy atom. The lowest BCUT2D eigenvalue weighted by Gasteiger charge is -2.17. The quantitative estimate of drug-likeness (QED) is 0.553. The Kier molecular flexibility index (Phi) is 5.84. The highest BCUT2D eigenvalue weighted by molar-refractivity contribution is 6.21. The fraction of sp³-hybridized carbons (Fsp3) is 0.273. The fourth-order valence-electron chi connectivity index (χ4n) is 3.15. The molecule has 6 heteroatoms. The topological polar surface area (TPSA) is 37.4 Å². The number of carbonyl (C=O) groups excluding carboxylic acids is 2. The number of hydrogen-bond donors (Lipinski definition) is 0. The molecule has 1 heterocycles. The van der Waals surface area contributed by atoms with Gasteiger partial charge in [0.05, 0.1) is 17.5 Å². The number of halogens is 3. The van der Waals surface area contributed by atoms with Gasteiger partial charge in [-0.3, -0.25) is 14.5 Å². The zero-order valence-electron chi connectivity index (χ0n) is 15.0. The molecule has 3 rings (SSSR count). The van der Waals surface area contributed by atoms with Crippen LogP contribution >= 0.6 is 0 Å². The minimum atomic E-state index is -4.33. The molecule has 0 spiro atoms. The summed E-state index contributed by atoms with van der Waals surface area (Å²) in [6.07, 6.45) is -4.94. The zero-order chi connectivity index (χ0) is 20.1. The van der Waals surface area contributed by atoms with E-state index in [2.05, 4.69) is 11.8 Å². The number of benzene rings is 2. The molecule has 2 aromatic carbocycles. The minimum absolute atomic E-state index is 0.0771. The summed E-state index contributed by atoms with van der Waals surface area (Å²) in [6.45, 7) is 0.0771. The predicted octanol–water partition coefficient (Wildman–Crippen LogP) is 4.68. The number of nitrogens with zero attached hydrogens (tertiary/aromatic N) is 1. The average molecular weight is 385 g/mol. The van der Waals surface area contributed by atoms with E-state index >= 15 is 0 Å². The molecule has 0 radical (unpaired) electrons. The Labute approximate surface area is 161 Å². The van der Waals surface area contributed by atoms with E-state index in [0.29, 0.717) is 16.7 Å². The fourth-order valence-corrected chi connectivity index (χ4v) is 3.15. The van der Waals surface area contributed by atoms with Crippen LogP contribution in [0.3, 0.4) is 0 Å². The van der Waals surface area contributed by atoms with Crippen molar-refractivity contribution in [3.8, 4) is 11.8 Å². The largest absolute Gasteiger partial charge is 0.390 e. The maximum Gasteiger partial charge on any atom is 0.390 e. The first kappa shape index (κ1) is 19.7. The van der Waals surface area contributed by atoms with Gasteiger partial charge < -0.3 is 0 Å². The second-order valence-electron chi connectivity index (χ2n) is 6.60. The van der Waals surface area contributed by atoms with Crippen molar-refractivity contribution in [3.63, 3.8) is 0 Å². The highest BCUT2D eigenvalue weighted by atomic mass is 19.4. The lowest BCUT2D eigenvalue weighted by atomic mass is 9.99. The molecule has 1 atom stereocenters. The van der Waals surface area contributed by atoms with Gasteiger partial charge in [0, 0.05) is 18.0 Å². The minimum Gasteiger partial charge on any atom is -0.274 e. The maximum atomic E-state index is 12.9. The monoisotopic (exact) mass is 385 g/mol. The number of carbonyl (C=O) groups is 2. The first-order valence-electron chi connectivity index (χ1n) is 8.94. The second-order valence-corrected chi connectivity index (χ2v) is 6.60. The van der Waals surface area contributed by atoms with Crippen LogP contribution in [0, 0.1) is 17.8 Å². The number of imide groups is 1. The molecule has 28 heavy (non-hydrogen) atoms. The van der Waals surface area contributed by atoms with Gasteiger partial charge in [-0.25, -0.2) is 0 Å². The Morgan fingerprint density at radius 1 is 0.893 bits per heavy atom. The molecule has 1 aliphatic heterocycles. The standard InChI is InChI=1S/C22H18F3NO2/c23-22(24,25)15-17(13-12-16-7-2-1-3-8-16)9-6-14-26-20(27)18-10-4-5-11-19(18)21(26)28/h1-5,7-8,10-11,17H,6,9,14-15H2. The molecule has 3 nitrogen and oxygen atoms in total. The number of fused-ring (bicyclic) bond motifs is 1. The molecule has 2 amide bonds. The third kappa shape index (κ3) is 4.80. The summed E-state index contributed by atoms with van der Waals surface area (Å²) in [4.78, 5) is 25.7. The van der Waals surface area contributed by atoms with Crippen LogP contribution in [-0.2, 0) is 0 Å². The summed E-state index contributed by atoms with van der Waals surface area (Å²) < 4.78 is 38.6. The van der Waals surface area contributed by atoms with E-state index in [9.17, 15) is 22.8 Å². The molecule has 0 fully saturated rings. The Balaban J connectivity index is 1.64. The van der Waals surface area contributed by atoms with Gasteiger partial charge in [0.25, 0.3) is 11.8 Å². The van der Waals surface area contributed by atoms with Crippen LogP contribution < -0.4 is 0 Å². The molecule has 1 aliphatic rings. The molecule has 2 aromatic rings. The van der Waals surface area contributed by atoms with Gasteiger partial charge in [-0.2, -0.15) is 13.2 Å². The molecule has 0 N–H and O–H groups in total. The van der Waals surface area contributed by atoms with Crippen molar-refractivity contribution in [2.24, 2.45) is 5.92 Å². The molecule has 0 bridgehead atoms. The van der Waals surface area contributed by atoms with E-state index < -0.39 is 30.3 Å². The van der Waals surface area contributed by atoms with Gasteiger partial charge >= 0.3 is 6.18 Å². The Bertz CT molecular complexity index is 891. The van der Waals surface area contributed by atoms with Crippen LogP contribution in [-0.4, -0.2) is 29.4 Å². The highest BCUT2D eigenvalue weighted by Gasteiger charge is 2.35. The molecule has 0 aromatic heterocycles. The van der Waals surface area contributed by atoms with Gasteiger partial charge in [-0.1, -0.05) is 42.2 Å². The molecule has 0 saturated heterocycles. The maximum absolute atomic E-state index is 12.9. The zero-order valence-corrected chi connectivity index (χ0v) is 15.0. The number of alkyl halides is 3. The van der Waals surface area contributed by atoms with Crippen molar-refractivity contribution in [1.29, 1.82) is 0 Å². The van der Waals surface area contributed by atoms with Crippen LogP contribution in [0.2, 0.25) is 0 Å². The summed E-state index contributed by atoms with van der Waals surface area (Å²) in [5.41, 5.74) is 1.32. The third-order valence-electron chi connectivity index (χ3n) is 4.48. The van der Waals surface area contributed by atoms with E-state index in [-0.39, 0.29) is 19.4 Å². The summed E-state index contributed by atoms with van der Waals surface area (Å²) in [5, 5.41) is 0. The molecular weight excluding hydrogens is 367 g/mol. The van der Waals surface area contributed by atoms with Gasteiger partial charge in [0.1, 0.15) is 0 Å². The first-order valence-corrected chi connectivity index (χ1v) is 8.94. The van der Waals surface area contributed by atoms with Crippen LogP contribution in [0.25, 0.3) is 0 Å². The van der Waals surface area contributed by atoms with Crippen molar-refractivity contribution in [1.82, 2.24) is 4.90 Å². The average Bonchev–Trinajstić information content (AvgIpc) is 2.91. The van der Waals surface area contributed by atoms with Crippen LogP contribution in [0.5, 0.6) is 0 Å². The summed E-state index contributed by atoms with van der Waals surface area (Å²) >= 11 is 0. The van der Waals surface area contributed by atoms with Crippen LogP contribution in [0.15, 0.2) is 54.6 Å². The molecule has 0 aliphatic carbocycles. The lowest BCUT2D eigenvalue weighted by molar-refractivity contribution is -0.141. The van der Waals surface area contributed by atoms with Gasteiger partial charge in [0.2, 0.25) is 0 Å². The SMILES string of the molecule is O=C1c2ccccc2C(=O)N1CCCC(C#Cc1ccccc1)CC(F)(F)F. The summed E-state index contributed by atoms with van der Waals surface area (Å²) in [7, 11) is 0. The third-order valence-corrected chi connectivity index (χ3v) is 4.48. The van der Waals surface area contributed by atoms with Gasteiger partial charge in [0.15, 0.2) is 0 Å². The van der Waals surface area contributed by atoms with E-state index in [0.717, 1.165) is 4.90 Å².